The summed E-state index contributed by atoms with van der Waals surface area (Å²) in [5, 5.41) is 89.0. The average Bonchev–Trinajstić information content (AvgIpc) is 1.54. The molecule has 0 unspecified atom stereocenters. The number of rotatable bonds is 46. The molecule has 0 bridgehead atoms. The molecule has 3 heterocycles. The minimum absolute atomic E-state index is 0.0228. The van der Waals surface area contributed by atoms with Gasteiger partial charge < -0.3 is 36.2 Å². The van der Waals surface area contributed by atoms with E-state index < -0.39 is 179 Å². The van der Waals surface area contributed by atoms with E-state index in [0.29, 0.717) is 22.7 Å². The summed E-state index contributed by atoms with van der Waals surface area (Å²) in [5.41, 5.74) is -1.43. The molecule has 0 fully saturated rings. The maximum Gasteiger partial charge on any atom is 0.299 e. The van der Waals surface area contributed by atoms with Gasteiger partial charge >= 0.3 is 0 Å². The molecule has 0 spiro atoms. The molecule has 3 aromatic heterocycles. The number of thioether (sulfide) groups is 2. The average molecular weight is 1990 g/mol. The van der Waals surface area contributed by atoms with Crippen LogP contribution in [0.2, 0.25) is 0 Å². The Hall–Kier alpha value is -11.0. The highest BCUT2D eigenvalue weighted by atomic mass is 32.3. The van der Waals surface area contributed by atoms with Crippen LogP contribution < -0.4 is 26.0 Å². The maximum absolute atomic E-state index is 13.2. The third-order valence-electron chi connectivity index (χ3n) is 17.2. The van der Waals surface area contributed by atoms with E-state index in [0.717, 1.165) is 111 Å². The van der Waals surface area contributed by atoms with E-state index >= 15 is 0 Å². The Morgan fingerprint density at radius 3 is 1.60 bits per heavy atom. The summed E-state index contributed by atoms with van der Waals surface area (Å²) >= 11 is 1.94. The number of nitrogens with one attached hydrogen (secondary N) is 4. The first-order valence-corrected chi connectivity index (χ1v) is 50.9. The van der Waals surface area contributed by atoms with Gasteiger partial charge in [0, 0.05) is 52.7 Å². The van der Waals surface area contributed by atoms with E-state index in [4.69, 9.17) is 18.2 Å². The normalized spacial score (nSPS) is 12.6. The fraction of sp³-hybridized carbons (Fsp3) is 0.343. The lowest BCUT2D eigenvalue weighted by Crippen LogP contribution is -2.18. The number of ether oxygens (including phenoxy) is 1. The molecule has 0 saturated carbocycles. The number of aromatic nitrogens is 5. The zero-order chi connectivity index (χ0) is 95.2. The molecule has 49 nitrogen and oxygen atoms in total. The van der Waals surface area contributed by atoms with Crippen LogP contribution in [0.5, 0.6) is 11.6 Å². The predicted molar refractivity (Wildman–Crippen MR) is 469 cm³/mol. The number of nitriles is 1. The van der Waals surface area contributed by atoms with Gasteiger partial charge in [0.1, 0.15) is 62.2 Å². The number of aromatic hydroxyl groups is 1. The molecule has 9 rings (SSSR count). The van der Waals surface area contributed by atoms with Crippen molar-refractivity contribution in [3.8, 4) is 17.7 Å². The quantitative estimate of drug-likeness (QED) is 0.00354. The van der Waals surface area contributed by atoms with E-state index in [2.05, 4.69) is 109 Å². The number of carbonyl (C=O) groups is 1. The molecule has 1 amide bonds. The number of amides is 1. The number of nitrogens with zero attached hydrogens (tertiary/aromatic N) is 15. The van der Waals surface area contributed by atoms with Crippen LogP contribution in [0.4, 0.5) is 86.1 Å². The summed E-state index contributed by atoms with van der Waals surface area (Å²) < 4.78 is 248. The summed E-state index contributed by atoms with van der Waals surface area (Å²) in [6.45, 7) is 3.05. The molecule has 0 aliphatic heterocycles. The van der Waals surface area contributed by atoms with Crippen LogP contribution in [0.1, 0.15) is 48.4 Å². The van der Waals surface area contributed by atoms with Gasteiger partial charge in [0.05, 0.1) is 130 Å². The first kappa shape index (κ1) is 103. The van der Waals surface area contributed by atoms with Crippen molar-refractivity contribution in [1.82, 2.24) is 24.3 Å². The van der Waals surface area contributed by atoms with Crippen LogP contribution in [0.3, 0.4) is 0 Å². The summed E-state index contributed by atoms with van der Waals surface area (Å²) in [5.74, 6) is -6.53. The number of hydrogen-bond donors (Lipinski definition) is 7. The van der Waals surface area contributed by atoms with E-state index in [1.165, 1.54) is 47.7 Å². The first-order valence-electron chi connectivity index (χ1n) is 36.6. The minimum Gasteiger partial charge on any atom is -0.493 e. The number of pyridine rings is 1. The molecule has 9 aromatic rings. The molecular weight excluding hydrogens is 1910 g/mol. The fourth-order valence-electron chi connectivity index (χ4n) is 10.8. The van der Waals surface area contributed by atoms with Gasteiger partial charge in [-0.25, -0.2) is 4.98 Å². The third-order valence-corrected chi connectivity index (χ3v) is 29.0. The largest absolute Gasteiger partial charge is 0.493 e. The number of aryl methyl sites for hydroxylation is 1. The molecule has 0 aliphatic rings. The SMILES string of the molecule is COS(=O)(=O)CCCOc1cc(N=Nc2cc(Nc3nc(NCCS(=O)(=O)OC)nc(Nc4cc(S(=O)(=O)OC)ccc4CS(=O)(=O)O)n3)c(N=Nc3cc(NC(C)=O)c(N=Nc4ccc([N+](=O)[O-])cc4S(=O)(=O)OC)cc3SCCCS(=O)(=O)OC)cc2SCCCS(=O)(=O)OC)c(C)cc1N=Nc1c(C)c(C#N)c2nc3ccccc3n2c1O.COS(=O)(=O)CCO. The van der Waals surface area contributed by atoms with Crippen LogP contribution >= 0.6 is 23.5 Å². The van der Waals surface area contributed by atoms with Gasteiger partial charge in [-0.15, -0.1) is 59.3 Å². The van der Waals surface area contributed by atoms with Crippen molar-refractivity contribution in [3.63, 3.8) is 0 Å². The lowest BCUT2D eigenvalue weighted by Gasteiger charge is -2.16. The van der Waals surface area contributed by atoms with Gasteiger partial charge in [0.2, 0.25) is 29.6 Å². The highest BCUT2D eigenvalue weighted by Crippen LogP contribution is 2.47. The Kier molecular flexibility index (Phi) is 36.1. The number of aliphatic hydroxyl groups is 1. The number of azo groups is 4. The van der Waals surface area contributed by atoms with Crippen molar-refractivity contribution in [3.05, 3.63) is 129 Å². The van der Waals surface area contributed by atoms with Gasteiger partial charge in [0.25, 0.3) is 86.6 Å². The molecule has 59 heteroatoms. The third kappa shape index (κ3) is 29.5. The molecule has 0 radical (unpaired) electrons. The predicted octanol–water partition coefficient (Wildman–Crippen LogP) is 10.9. The Labute approximate surface area is 747 Å². The van der Waals surface area contributed by atoms with Gasteiger partial charge in [0.15, 0.2) is 11.3 Å². The molecule has 7 N–H and O–H groups in total. The first-order chi connectivity index (χ1) is 60.7. The smallest absolute Gasteiger partial charge is 0.299 e. The number of para-hydroxylation sites is 2. The number of aliphatic hydroxyl groups excluding tert-OH is 1. The minimum atomic E-state index is -4.89. The van der Waals surface area contributed by atoms with Gasteiger partial charge in [-0.05, 0) is 116 Å². The topological polar surface area (TPSA) is 695 Å². The molecular formula is C70H81N19O30S10. The fourth-order valence-corrected chi connectivity index (χ4v) is 18.1. The van der Waals surface area contributed by atoms with Crippen LogP contribution in [0.25, 0.3) is 16.7 Å². The number of anilines is 6. The number of imidazole rings is 1. The number of nitro benzene ring substituents is 1. The Morgan fingerprint density at radius 2 is 1.06 bits per heavy atom. The van der Waals surface area contributed by atoms with E-state index in [1.54, 1.807) is 31.2 Å². The van der Waals surface area contributed by atoms with Crippen LogP contribution in [-0.2, 0) is 121 Å². The number of benzene rings is 6. The highest BCUT2D eigenvalue weighted by Gasteiger charge is 2.28. The second-order valence-electron chi connectivity index (χ2n) is 26.0. The zero-order valence-corrected chi connectivity index (χ0v) is 77.5. The summed E-state index contributed by atoms with van der Waals surface area (Å²) in [6, 6.07) is 22.4. The van der Waals surface area contributed by atoms with Gasteiger partial charge in [-0.1, -0.05) is 18.2 Å². The molecule has 129 heavy (non-hydrogen) atoms. The number of non-ortho nitro benzene ring substituents is 1. The number of nitro groups is 1. The van der Waals surface area contributed by atoms with Crippen molar-refractivity contribution >= 4 is 213 Å². The van der Waals surface area contributed by atoms with E-state index in [1.807, 2.05) is 0 Å². The Morgan fingerprint density at radius 1 is 0.550 bits per heavy atom. The van der Waals surface area contributed by atoms with Crippen molar-refractivity contribution in [1.29, 1.82) is 5.26 Å². The van der Waals surface area contributed by atoms with Gasteiger partial charge in [-0.3, -0.25) is 53.1 Å². The summed E-state index contributed by atoms with van der Waals surface area (Å²) in [7, 11) is -27.4. The summed E-state index contributed by atoms with van der Waals surface area (Å²) in [6.07, 6.45) is -0.301. The summed E-state index contributed by atoms with van der Waals surface area (Å²) in [4.78, 5) is 40.8. The number of hydrogen-bond acceptors (Lipinski definition) is 47. The number of carbonyl (C=O) groups excluding carboxylic acids is 1. The highest BCUT2D eigenvalue weighted by molar-refractivity contribution is 7.99. The maximum atomic E-state index is 13.2. The van der Waals surface area contributed by atoms with E-state index in [-0.39, 0.29) is 138 Å². The molecule has 696 valence electrons. The zero-order valence-electron chi connectivity index (χ0n) is 69.3. The molecule has 6 aromatic carbocycles. The van der Waals surface area contributed by atoms with Crippen molar-refractivity contribution in [2.75, 3.05) is 131 Å². The Bertz CT molecular complexity index is 6890. The molecule has 0 saturated heterocycles. The number of fused-ring (bicyclic) bond motifs is 3. The standard InChI is InChI=1S/C67H73N19O26S9.C3H8O4S/c1-39-29-54(81-84-62-40(2)45(37-68)63-71-46-15-10-11-16-57(46)85(63)64(62)88)58(112-22-12-25-116(94,95)106-4)34-48(39)78-82-56-33-51(73-67-75-65(69-21-28-119(100,101)109-7)74-66(76-67)72-49-31-44(120(102,103)110-8)19-17-42(49)38-115(91,92)93)53(36-60(56)114-24-14-27-118(98,99)108-6)80-83-55-32-50(70-41(3)87)52(35-59(55)113-23-13-26-117(96,97)107-5)79-77-47-20-18-43(86(89)90)30-61(47)121(104,105)111-9;1-7-8(5,6)3-2-4/h10-11,15-20,29-36,88H,12-14,21-28,38H2,1-9H3,(H,70,87)(H,91,92,93)(H3,69,72,73,74,75,76);4H,2-3H2,1H3. The Balaban J connectivity index is 0.00000245. The van der Waals surface area contributed by atoms with Crippen LogP contribution in [0, 0.1) is 35.3 Å². The molecule has 0 aliphatic carbocycles. The second kappa shape index (κ2) is 45.0. The van der Waals surface area contributed by atoms with E-state index in [9.17, 15) is 97.2 Å². The van der Waals surface area contributed by atoms with Crippen LogP contribution in [0.15, 0.2) is 158 Å². The monoisotopic (exact) mass is 1990 g/mol. The molecule has 0 atom stereocenters. The van der Waals surface area contributed by atoms with Crippen molar-refractivity contribution in [2.24, 2.45) is 40.9 Å². The van der Waals surface area contributed by atoms with Crippen LogP contribution in [-0.4, -0.2) is 227 Å². The lowest BCUT2D eigenvalue weighted by atomic mass is 10.1. The van der Waals surface area contributed by atoms with Crippen molar-refractivity contribution in [2.45, 2.75) is 65.4 Å². The van der Waals surface area contributed by atoms with Crippen molar-refractivity contribution < 1.29 is 126 Å². The lowest BCUT2D eigenvalue weighted by molar-refractivity contribution is -0.385. The second-order valence-corrected chi connectivity index (χ2v) is 42.4. The van der Waals surface area contributed by atoms with Gasteiger partial charge in [-0.2, -0.15) is 92.7 Å².